The third kappa shape index (κ3) is 5.42. The van der Waals surface area contributed by atoms with E-state index in [9.17, 15) is 28.0 Å². The quantitative estimate of drug-likeness (QED) is 0.320. The average Bonchev–Trinajstić information content (AvgIpc) is 3.21. The molecule has 2 aliphatic rings. The number of hydrogen-bond acceptors (Lipinski definition) is 7. The molecule has 0 fully saturated rings. The normalized spacial score (nSPS) is 14.7. The van der Waals surface area contributed by atoms with E-state index >= 15 is 0 Å². The number of halogens is 2. The molecular weight excluding hydrogens is 558 g/mol. The first-order chi connectivity index (χ1) is 20.7. The summed E-state index contributed by atoms with van der Waals surface area (Å²) in [6, 6.07) is 15.1. The van der Waals surface area contributed by atoms with Crippen LogP contribution in [0.5, 0.6) is 0 Å². The van der Waals surface area contributed by atoms with Gasteiger partial charge in [0.05, 0.1) is 29.4 Å². The number of fused-ring (bicyclic) bond motifs is 2. The molecule has 12 heteroatoms. The zero-order valence-electron chi connectivity index (χ0n) is 22.8. The number of rotatable bonds is 7. The average molecular weight is 583 g/mol. The van der Waals surface area contributed by atoms with E-state index in [0.29, 0.717) is 16.9 Å². The molecule has 4 aromatic rings. The van der Waals surface area contributed by atoms with Crippen molar-refractivity contribution in [2.75, 3.05) is 30.4 Å². The van der Waals surface area contributed by atoms with Crippen LogP contribution in [0.4, 0.5) is 20.3 Å². The van der Waals surface area contributed by atoms with Crippen LogP contribution in [-0.4, -0.2) is 64.7 Å². The van der Waals surface area contributed by atoms with E-state index in [2.05, 4.69) is 20.6 Å². The first kappa shape index (κ1) is 27.6. The highest BCUT2D eigenvalue weighted by Gasteiger charge is 2.37. The van der Waals surface area contributed by atoms with Gasteiger partial charge in [-0.1, -0.05) is 24.3 Å². The zero-order chi connectivity index (χ0) is 30.2. The Hall–Kier alpha value is -5.52. The van der Waals surface area contributed by atoms with Gasteiger partial charge in [0.2, 0.25) is 5.91 Å². The van der Waals surface area contributed by atoms with Crippen LogP contribution in [0.3, 0.4) is 0 Å². The molecule has 216 valence electrons. The van der Waals surface area contributed by atoms with E-state index in [-0.39, 0.29) is 53.5 Å². The van der Waals surface area contributed by atoms with Crippen molar-refractivity contribution in [3.05, 3.63) is 107 Å². The van der Waals surface area contributed by atoms with E-state index in [1.165, 1.54) is 36.7 Å². The largest absolute Gasteiger partial charge is 0.361 e. The Kier molecular flexibility index (Phi) is 7.10. The number of amides is 4. The molecule has 0 saturated heterocycles. The Labute approximate surface area is 244 Å². The standard InChI is InChI=1S/C31H24F2N6O4/c1-38-15-25(40)37-28-27(38)26(34-16-35-28)18-11-19(13-21(33)12-18)29(41)36-22(10-17-5-4-6-20(32)9-17)14-39-30(42)23-7-2-3-8-24(23)31(39)43/h2-9,11-13,16,22H,10,14-15H2,1H3,(H,36,41)(H,34,35,37,40). The summed E-state index contributed by atoms with van der Waals surface area (Å²) in [4.78, 5) is 62.7. The first-order valence-electron chi connectivity index (χ1n) is 13.4. The first-order valence-corrected chi connectivity index (χ1v) is 13.4. The van der Waals surface area contributed by atoms with Crippen molar-refractivity contribution in [3.63, 3.8) is 0 Å². The highest BCUT2D eigenvalue weighted by Crippen LogP contribution is 2.36. The van der Waals surface area contributed by atoms with Gasteiger partial charge in [-0.15, -0.1) is 0 Å². The molecular formula is C31H24F2N6O4. The fraction of sp³-hybridized carbons (Fsp3) is 0.161. The summed E-state index contributed by atoms with van der Waals surface area (Å²) >= 11 is 0. The van der Waals surface area contributed by atoms with Crippen LogP contribution >= 0.6 is 0 Å². The Bertz CT molecular complexity index is 1780. The summed E-state index contributed by atoms with van der Waals surface area (Å²) in [6.45, 7) is -0.156. The molecule has 0 spiro atoms. The van der Waals surface area contributed by atoms with Crippen molar-refractivity contribution < 1.29 is 28.0 Å². The smallest absolute Gasteiger partial charge is 0.261 e. The number of anilines is 2. The Morgan fingerprint density at radius 2 is 1.70 bits per heavy atom. The van der Waals surface area contributed by atoms with E-state index in [1.807, 2.05) is 0 Å². The monoisotopic (exact) mass is 582 g/mol. The highest BCUT2D eigenvalue weighted by molar-refractivity contribution is 6.21. The van der Waals surface area contributed by atoms with Gasteiger partial charge < -0.3 is 15.5 Å². The molecule has 10 nitrogen and oxygen atoms in total. The van der Waals surface area contributed by atoms with Crippen molar-refractivity contribution in [2.24, 2.45) is 0 Å². The number of hydrogen-bond donors (Lipinski definition) is 2. The van der Waals surface area contributed by atoms with Gasteiger partial charge in [-0.2, -0.15) is 0 Å². The minimum Gasteiger partial charge on any atom is -0.361 e. The SMILES string of the molecule is CN1CC(=O)Nc2ncnc(-c3cc(F)cc(C(=O)NC(Cc4cccc(F)c4)CN4C(=O)c5ccccc5C4=O)c3)c21. The fourth-order valence-corrected chi connectivity index (χ4v) is 5.37. The lowest BCUT2D eigenvalue weighted by Crippen LogP contribution is -2.47. The second kappa shape index (κ2) is 11.0. The number of carbonyl (C=O) groups is 4. The number of likely N-dealkylation sites (N-methyl/N-ethyl adjacent to an activating group) is 1. The number of nitrogens with zero attached hydrogens (tertiary/aromatic N) is 4. The number of imide groups is 1. The van der Waals surface area contributed by atoms with Crippen LogP contribution in [0, 0.1) is 11.6 Å². The number of carbonyl (C=O) groups excluding carboxylic acids is 4. The van der Waals surface area contributed by atoms with Gasteiger partial charge in [0.15, 0.2) is 5.82 Å². The van der Waals surface area contributed by atoms with Gasteiger partial charge in [0.1, 0.15) is 23.6 Å². The molecule has 0 aliphatic carbocycles. The van der Waals surface area contributed by atoms with Crippen molar-refractivity contribution >= 4 is 35.1 Å². The molecule has 0 saturated carbocycles. The molecule has 3 heterocycles. The van der Waals surface area contributed by atoms with Crippen molar-refractivity contribution in [1.29, 1.82) is 0 Å². The summed E-state index contributed by atoms with van der Waals surface area (Å²) in [5, 5.41) is 5.47. The maximum atomic E-state index is 14.9. The third-order valence-electron chi connectivity index (χ3n) is 7.26. The molecule has 0 radical (unpaired) electrons. The van der Waals surface area contributed by atoms with Gasteiger partial charge in [0.25, 0.3) is 17.7 Å². The molecule has 1 atom stereocenters. The molecule has 4 amide bonds. The van der Waals surface area contributed by atoms with E-state index in [0.717, 1.165) is 11.0 Å². The summed E-state index contributed by atoms with van der Waals surface area (Å²) in [5.74, 6) is -2.87. The molecule has 6 rings (SSSR count). The number of aromatic nitrogens is 2. The minimum absolute atomic E-state index is 0.0373. The van der Waals surface area contributed by atoms with E-state index < -0.39 is 35.4 Å². The summed E-state index contributed by atoms with van der Waals surface area (Å²) < 4.78 is 28.9. The Morgan fingerprint density at radius 3 is 2.42 bits per heavy atom. The summed E-state index contributed by atoms with van der Waals surface area (Å²) in [7, 11) is 1.67. The lowest BCUT2D eigenvalue weighted by molar-refractivity contribution is -0.115. The molecule has 1 aromatic heterocycles. The number of benzene rings is 3. The topological polar surface area (TPSA) is 125 Å². The minimum atomic E-state index is -0.837. The zero-order valence-corrected chi connectivity index (χ0v) is 22.8. The molecule has 1 unspecified atom stereocenters. The fourth-order valence-electron chi connectivity index (χ4n) is 5.37. The van der Waals surface area contributed by atoms with Gasteiger partial charge in [0, 0.05) is 24.7 Å². The van der Waals surface area contributed by atoms with Crippen molar-refractivity contribution in [1.82, 2.24) is 20.2 Å². The summed E-state index contributed by atoms with van der Waals surface area (Å²) in [5.41, 5.74) is 2.04. The lowest BCUT2D eigenvalue weighted by Gasteiger charge is -2.28. The van der Waals surface area contributed by atoms with Gasteiger partial charge in [-0.3, -0.25) is 24.1 Å². The van der Waals surface area contributed by atoms with Crippen LogP contribution < -0.4 is 15.5 Å². The molecule has 0 bridgehead atoms. The maximum Gasteiger partial charge on any atom is 0.261 e. The second-order valence-electron chi connectivity index (χ2n) is 10.3. The van der Waals surface area contributed by atoms with Crippen LogP contribution in [0.25, 0.3) is 11.3 Å². The molecule has 2 aliphatic heterocycles. The van der Waals surface area contributed by atoms with Gasteiger partial charge in [-0.05, 0) is 54.4 Å². The van der Waals surface area contributed by atoms with Crippen molar-refractivity contribution in [2.45, 2.75) is 12.5 Å². The number of nitrogens with one attached hydrogen (secondary N) is 2. The van der Waals surface area contributed by atoms with Crippen LogP contribution in [-0.2, 0) is 11.2 Å². The molecule has 3 aromatic carbocycles. The predicted molar refractivity (Wildman–Crippen MR) is 152 cm³/mol. The van der Waals surface area contributed by atoms with Gasteiger partial charge in [-0.25, -0.2) is 18.7 Å². The maximum absolute atomic E-state index is 14.9. The van der Waals surface area contributed by atoms with E-state index in [4.69, 9.17) is 0 Å². The van der Waals surface area contributed by atoms with Crippen LogP contribution in [0.15, 0.2) is 73.1 Å². The van der Waals surface area contributed by atoms with Gasteiger partial charge >= 0.3 is 0 Å². The highest BCUT2D eigenvalue weighted by atomic mass is 19.1. The van der Waals surface area contributed by atoms with Crippen LogP contribution in [0.2, 0.25) is 0 Å². The summed E-state index contributed by atoms with van der Waals surface area (Å²) in [6.07, 6.45) is 1.32. The van der Waals surface area contributed by atoms with E-state index in [1.54, 1.807) is 42.3 Å². The van der Waals surface area contributed by atoms with Crippen molar-refractivity contribution in [3.8, 4) is 11.3 Å². The molecule has 2 N–H and O–H groups in total. The Morgan fingerprint density at radius 1 is 0.953 bits per heavy atom. The van der Waals surface area contributed by atoms with Crippen LogP contribution in [0.1, 0.15) is 36.6 Å². The lowest BCUT2D eigenvalue weighted by atomic mass is 10.0. The predicted octanol–water partition coefficient (Wildman–Crippen LogP) is 3.45. The third-order valence-corrected chi connectivity index (χ3v) is 7.26. The second-order valence-corrected chi connectivity index (χ2v) is 10.3. The molecule has 43 heavy (non-hydrogen) atoms. The Balaban J connectivity index is 1.31.